The molecule has 1 aromatic carbocycles. The maximum Gasteiger partial charge on any atom is 0.295 e. The van der Waals surface area contributed by atoms with E-state index >= 15 is 0 Å². The number of hydrogen-bond donors (Lipinski definition) is 1. The van der Waals surface area contributed by atoms with Gasteiger partial charge in [-0.25, -0.2) is 4.68 Å². The number of thiophene rings is 1. The molecule has 0 unspecified atom stereocenters. The number of nitrogens with zero attached hydrogens (tertiary/aromatic N) is 5. The van der Waals surface area contributed by atoms with Crippen LogP contribution in [0.2, 0.25) is 0 Å². The molecule has 0 radical (unpaired) electrons. The number of rotatable bonds is 9. The van der Waals surface area contributed by atoms with Gasteiger partial charge in [0.2, 0.25) is 5.91 Å². The zero-order chi connectivity index (χ0) is 23.7. The van der Waals surface area contributed by atoms with Crippen molar-refractivity contribution in [3.8, 4) is 5.69 Å². The van der Waals surface area contributed by atoms with Crippen molar-refractivity contribution in [1.29, 1.82) is 0 Å². The Morgan fingerprint density at radius 3 is 2.68 bits per heavy atom. The van der Waals surface area contributed by atoms with Gasteiger partial charge < -0.3 is 9.88 Å². The number of aromatic nitrogens is 5. The van der Waals surface area contributed by atoms with Crippen molar-refractivity contribution in [2.24, 2.45) is 7.05 Å². The first-order valence-electron chi connectivity index (χ1n) is 11.3. The lowest BCUT2D eigenvalue weighted by Gasteiger charge is -2.08. The summed E-state index contributed by atoms with van der Waals surface area (Å²) in [7, 11) is 1.81. The zero-order valence-corrected chi connectivity index (χ0v) is 20.7. The van der Waals surface area contributed by atoms with Crippen LogP contribution in [0, 0.1) is 6.92 Å². The minimum atomic E-state index is -0.237. The molecule has 0 bridgehead atoms. The molecule has 0 spiro atoms. The predicted molar refractivity (Wildman–Crippen MR) is 135 cm³/mol. The van der Waals surface area contributed by atoms with E-state index in [1.807, 2.05) is 44.3 Å². The molecular formula is C24H26N6O2S2. The Bertz CT molecular complexity index is 1350. The van der Waals surface area contributed by atoms with Crippen LogP contribution in [-0.4, -0.2) is 35.8 Å². The Kier molecular flexibility index (Phi) is 6.42. The van der Waals surface area contributed by atoms with Crippen LogP contribution in [0.15, 0.2) is 57.8 Å². The molecule has 1 saturated carbocycles. The first-order chi connectivity index (χ1) is 16.5. The lowest BCUT2D eigenvalue weighted by Crippen LogP contribution is -2.23. The molecular weight excluding hydrogens is 468 g/mol. The minimum Gasteiger partial charge on any atom is -0.320 e. The number of nitrogens with one attached hydrogen (secondary N) is 1. The van der Waals surface area contributed by atoms with Gasteiger partial charge in [0, 0.05) is 36.6 Å². The van der Waals surface area contributed by atoms with Crippen molar-refractivity contribution >= 4 is 34.7 Å². The molecule has 1 N–H and O–H groups in total. The summed E-state index contributed by atoms with van der Waals surface area (Å²) in [6.07, 6.45) is 3.35. The number of para-hydroxylation sites is 1. The van der Waals surface area contributed by atoms with Crippen molar-refractivity contribution in [2.75, 3.05) is 11.1 Å². The van der Waals surface area contributed by atoms with Gasteiger partial charge in [0.15, 0.2) is 5.16 Å². The van der Waals surface area contributed by atoms with Crippen molar-refractivity contribution in [3.63, 3.8) is 0 Å². The summed E-state index contributed by atoms with van der Waals surface area (Å²) in [4.78, 5) is 27.0. The quantitative estimate of drug-likeness (QED) is 0.353. The van der Waals surface area contributed by atoms with Gasteiger partial charge in [-0.15, -0.1) is 21.5 Å². The summed E-state index contributed by atoms with van der Waals surface area (Å²) in [5.74, 6) is 1.36. The van der Waals surface area contributed by atoms with E-state index in [0.29, 0.717) is 23.2 Å². The van der Waals surface area contributed by atoms with Crippen molar-refractivity contribution < 1.29 is 4.79 Å². The standard InChI is InChI=1S/C24H26N6O2S2/c1-16-22(23(32)30(28(16)2)18-7-4-3-5-8-18)25-21(31)12-14-34-24-27-26-20(29(24)17-10-11-17)15-19-9-6-13-33-19/h3-9,13,17H,10-12,14-15H2,1-2H3,(H,25,31). The van der Waals surface area contributed by atoms with Gasteiger partial charge in [-0.05, 0) is 43.3 Å². The fourth-order valence-electron chi connectivity index (χ4n) is 3.94. The van der Waals surface area contributed by atoms with Crippen molar-refractivity contribution in [3.05, 3.63) is 74.6 Å². The first kappa shape index (κ1) is 22.7. The monoisotopic (exact) mass is 494 g/mol. The third-order valence-electron chi connectivity index (χ3n) is 5.94. The van der Waals surface area contributed by atoms with E-state index in [-0.39, 0.29) is 17.9 Å². The molecule has 34 heavy (non-hydrogen) atoms. The lowest BCUT2D eigenvalue weighted by atomic mass is 10.3. The van der Waals surface area contributed by atoms with Gasteiger partial charge in [0.25, 0.3) is 5.56 Å². The number of anilines is 1. The fourth-order valence-corrected chi connectivity index (χ4v) is 5.61. The Hall–Kier alpha value is -3.11. The van der Waals surface area contributed by atoms with E-state index < -0.39 is 0 Å². The van der Waals surface area contributed by atoms with E-state index in [2.05, 4.69) is 37.6 Å². The topological polar surface area (TPSA) is 86.7 Å². The number of thioether (sulfide) groups is 1. The van der Waals surface area contributed by atoms with Crippen LogP contribution in [0.25, 0.3) is 5.69 Å². The molecule has 1 amide bonds. The lowest BCUT2D eigenvalue weighted by molar-refractivity contribution is -0.115. The van der Waals surface area contributed by atoms with E-state index in [4.69, 9.17) is 0 Å². The van der Waals surface area contributed by atoms with Crippen LogP contribution >= 0.6 is 23.1 Å². The molecule has 0 atom stereocenters. The summed E-state index contributed by atoms with van der Waals surface area (Å²) in [6.45, 7) is 1.83. The van der Waals surface area contributed by atoms with E-state index in [1.165, 1.54) is 4.88 Å². The Labute approximate surface area is 205 Å². The van der Waals surface area contributed by atoms with Crippen molar-refractivity contribution in [1.82, 2.24) is 24.1 Å². The third kappa shape index (κ3) is 4.60. The summed E-state index contributed by atoms with van der Waals surface area (Å²) in [5.41, 5.74) is 1.55. The highest BCUT2D eigenvalue weighted by molar-refractivity contribution is 7.99. The molecule has 1 aliphatic rings. The molecule has 0 saturated heterocycles. The van der Waals surface area contributed by atoms with E-state index in [0.717, 1.165) is 35.9 Å². The molecule has 4 aromatic rings. The maximum atomic E-state index is 13.0. The van der Waals surface area contributed by atoms with E-state index in [9.17, 15) is 9.59 Å². The number of hydrogen-bond acceptors (Lipinski definition) is 6. The SMILES string of the molecule is Cc1c(NC(=O)CCSc2nnc(Cc3cccs3)n2C2CC2)c(=O)n(-c2ccccc2)n1C. The maximum absolute atomic E-state index is 13.0. The molecule has 5 rings (SSSR count). The zero-order valence-electron chi connectivity index (χ0n) is 19.1. The van der Waals surface area contributed by atoms with Crippen LogP contribution in [0.5, 0.6) is 0 Å². The highest BCUT2D eigenvalue weighted by Gasteiger charge is 2.29. The highest BCUT2D eigenvalue weighted by atomic mass is 32.2. The van der Waals surface area contributed by atoms with Crippen molar-refractivity contribution in [2.45, 2.75) is 43.8 Å². The average Bonchev–Trinajstić information content (AvgIpc) is 3.31. The van der Waals surface area contributed by atoms with Crippen LogP contribution in [0.4, 0.5) is 5.69 Å². The van der Waals surface area contributed by atoms with Gasteiger partial charge in [-0.2, -0.15) is 0 Å². The summed E-state index contributed by atoms with van der Waals surface area (Å²) < 4.78 is 5.56. The number of benzene rings is 1. The number of carbonyl (C=O) groups is 1. The van der Waals surface area contributed by atoms with Crippen LogP contribution in [-0.2, 0) is 18.3 Å². The van der Waals surface area contributed by atoms with Crippen LogP contribution in [0.1, 0.15) is 41.7 Å². The smallest absolute Gasteiger partial charge is 0.295 e. The Morgan fingerprint density at radius 1 is 1.18 bits per heavy atom. The summed E-state index contributed by atoms with van der Waals surface area (Å²) in [6, 6.07) is 14.0. The Morgan fingerprint density at radius 2 is 1.97 bits per heavy atom. The van der Waals surface area contributed by atoms with Gasteiger partial charge in [-0.1, -0.05) is 36.0 Å². The average molecular weight is 495 g/mol. The highest BCUT2D eigenvalue weighted by Crippen LogP contribution is 2.39. The van der Waals surface area contributed by atoms with Gasteiger partial charge in [0.05, 0.1) is 11.4 Å². The van der Waals surface area contributed by atoms with Crippen LogP contribution < -0.4 is 10.9 Å². The number of carbonyl (C=O) groups excluding carboxylic acids is 1. The van der Waals surface area contributed by atoms with E-state index in [1.54, 1.807) is 32.5 Å². The van der Waals surface area contributed by atoms with Gasteiger partial charge in [0.1, 0.15) is 11.5 Å². The molecule has 8 nitrogen and oxygen atoms in total. The molecule has 3 aromatic heterocycles. The molecule has 176 valence electrons. The second-order valence-corrected chi connectivity index (χ2v) is 10.4. The second-order valence-electron chi connectivity index (χ2n) is 8.34. The van der Waals surface area contributed by atoms with Gasteiger partial charge >= 0.3 is 0 Å². The van der Waals surface area contributed by atoms with Gasteiger partial charge in [-0.3, -0.25) is 14.3 Å². The molecule has 0 aliphatic heterocycles. The largest absolute Gasteiger partial charge is 0.320 e. The fraction of sp³-hybridized carbons (Fsp3) is 0.333. The molecule has 1 aliphatic carbocycles. The minimum absolute atomic E-state index is 0.185. The molecule has 3 heterocycles. The third-order valence-corrected chi connectivity index (χ3v) is 7.76. The molecule has 10 heteroatoms. The normalized spacial score (nSPS) is 13.4. The molecule has 1 fully saturated rings. The second kappa shape index (κ2) is 9.63. The van der Waals surface area contributed by atoms with Crippen LogP contribution in [0.3, 0.4) is 0 Å². The first-order valence-corrected chi connectivity index (χ1v) is 13.1. The summed E-state index contributed by atoms with van der Waals surface area (Å²) in [5, 5.41) is 14.6. The summed E-state index contributed by atoms with van der Waals surface area (Å²) >= 11 is 3.27. The Balaban J connectivity index is 1.23. The number of amides is 1. The predicted octanol–water partition coefficient (Wildman–Crippen LogP) is 4.18.